The maximum atomic E-state index is 12.0. The van der Waals surface area contributed by atoms with Crippen LogP contribution in [0, 0.1) is 5.92 Å². The fraction of sp³-hybridized carbons (Fsp3) is 0.643. The van der Waals surface area contributed by atoms with Crippen LogP contribution in [-0.2, 0) is 26.1 Å². The first-order valence-corrected chi connectivity index (χ1v) is 9.14. The highest BCUT2D eigenvalue weighted by molar-refractivity contribution is 7.88. The Labute approximate surface area is 130 Å². The molecule has 0 unspecified atom stereocenters. The van der Waals surface area contributed by atoms with Gasteiger partial charge in [-0.2, -0.15) is 4.31 Å². The molecule has 0 radical (unpaired) electrons. The molecular formula is C14H22N2O5S. The number of sulfonamides is 1. The van der Waals surface area contributed by atoms with E-state index in [4.69, 9.17) is 9.15 Å². The van der Waals surface area contributed by atoms with Crippen LogP contribution in [0.4, 0.5) is 0 Å². The van der Waals surface area contributed by atoms with Crippen LogP contribution in [-0.4, -0.2) is 51.2 Å². The van der Waals surface area contributed by atoms with Crippen LogP contribution in [0.5, 0.6) is 0 Å². The van der Waals surface area contributed by atoms with Crippen LogP contribution < -0.4 is 5.32 Å². The van der Waals surface area contributed by atoms with Crippen LogP contribution in [0.2, 0.25) is 0 Å². The van der Waals surface area contributed by atoms with Gasteiger partial charge in [0.05, 0.1) is 19.1 Å². The number of carbonyl (C=O) groups excluding carboxylic acids is 1. The summed E-state index contributed by atoms with van der Waals surface area (Å²) in [6.45, 7) is 1.87. The van der Waals surface area contributed by atoms with Crippen molar-refractivity contribution in [3.8, 4) is 0 Å². The number of rotatable bonds is 7. The zero-order valence-electron chi connectivity index (χ0n) is 12.7. The number of ether oxygens (including phenoxy) is 1. The van der Waals surface area contributed by atoms with Gasteiger partial charge in [-0.05, 0) is 25.0 Å². The Morgan fingerprint density at radius 2 is 2.14 bits per heavy atom. The summed E-state index contributed by atoms with van der Waals surface area (Å²) in [5, 5.41) is 2.80. The molecule has 8 heteroatoms. The first-order chi connectivity index (χ1) is 10.5. The molecule has 1 aliphatic heterocycles. The third-order valence-electron chi connectivity index (χ3n) is 3.63. The van der Waals surface area contributed by atoms with Gasteiger partial charge >= 0.3 is 0 Å². The monoisotopic (exact) mass is 330 g/mol. The molecule has 1 aromatic rings. The standard InChI is InChI=1S/C14H22N2O5S/c1-22(18,19)16(11-13-3-2-8-21-13)7-6-15-14(17)12-4-9-20-10-5-12/h2-3,8,12H,4-7,9-11H2,1H3,(H,15,17). The minimum absolute atomic E-state index is 0.0326. The summed E-state index contributed by atoms with van der Waals surface area (Å²) in [4.78, 5) is 12.0. The normalized spacial score (nSPS) is 16.8. The highest BCUT2D eigenvalue weighted by Gasteiger charge is 2.22. The molecule has 124 valence electrons. The molecule has 0 spiro atoms. The smallest absolute Gasteiger partial charge is 0.223 e. The highest BCUT2D eigenvalue weighted by atomic mass is 32.2. The van der Waals surface area contributed by atoms with Gasteiger partial charge in [-0.25, -0.2) is 8.42 Å². The zero-order valence-corrected chi connectivity index (χ0v) is 13.5. The third kappa shape index (κ3) is 5.11. The molecule has 1 fully saturated rings. The number of hydrogen-bond donors (Lipinski definition) is 1. The molecule has 1 aliphatic rings. The van der Waals surface area contributed by atoms with Crippen molar-refractivity contribution in [2.75, 3.05) is 32.6 Å². The van der Waals surface area contributed by atoms with E-state index in [0.29, 0.717) is 31.8 Å². The van der Waals surface area contributed by atoms with E-state index >= 15 is 0 Å². The van der Waals surface area contributed by atoms with Gasteiger partial charge in [0.2, 0.25) is 15.9 Å². The second-order valence-corrected chi connectivity index (χ2v) is 7.34. The van der Waals surface area contributed by atoms with Crippen molar-refractivity contribution in [3.05, 3.63) is 24.2 Å². The Kier molecular flexibility index (Phi) is 5.98. The van der Waals surface area contributed by atoms with Crippen molar-refractivity contribution < 1.29 is 22.4 Å². The summed E-state index contributed by atoms with van der Waals surface area (Å²) in [5.74, 6) is 0.501. The second kappa shape index (κ2) is 7.75. The Hall–Kier alpha value is -1.38. The number of nitrogens with one attached hydrogen (secondary N) is 1. The fourth-order valence-corrected chi connectivity index (χ4v) is 3.13. The van der Waals surface area contributed by atoms with E-state index in [2.05, 4.69) is 5.32 Å². The predicted molar refractivity (Wildman–Crippen MR) is 80.5 cm³/mol. The molecule has 1 N–H and O–H groups in total. The number of hydrogen-bond acceptors (Lipinski definition) is 5. The van der Waals surface area contributed by atoms with Crippen LogP contribution in [0.1, 0.15) is 18.6 Å². The topological polar surface area (TPSA) is 88.9 Å². The first-order valence-electron chi connectivity index (χ1n) is 7.30. The number of carbonyl (C=O) groups is 1. The molecule has 0 atom stereocenters. The maximum absolute atomic E-state index is 12.0. The van der Waals surface area contributed by atoms with Gasteiger partial charge in [0, 0.05) is 32.2 Å². The molecule has 0 saturated carbocycles. The van der Waals surface area contributed by atoms with Gasteiger partial charge in [-0.3, -0.25) is 4.79 Å². The SMILES string of the molecule is CS(=O)(=O)N(CCNC(=O)C1CCOCC1)Cc1ccco1. The predicted octanol–water partition coefficient (Wildman–Crippen LogP) is 0.584. The maximum Gasteiger partial charge on any atom is 0.223 e. The largest absolute Gasteiger partial charge is 0.468 e. The summed E-state index contributed by atoms with van der Waals surface area (Å²) in [7, 11) is -3.36. The van der Waals surface area contributed by atoms with Crippen LogP contribution in [0.3, 0.4) is 0 Å². The summed E-state index contributed by atoms with van der Waals surface area (Å²) in [5.41, 5.74) is 0. The molecule has 2 rings (SSSR count). The Balaban J connectivity index is 1.82. The molecule has 1 amide bonds. The Bertz CT molecular complexity index is 564. The van der Waals surface area contributed by atoms with Gasteiger partial charge in [0.1, 0.15) is 5.76 Å². The van der Waals surface area contributed by atoms with Gasteiger partial charge in [-0.1, -0.05) is 0 Å². The zero-order chi connectivity index (χ0) is 16.0. The number of nitrogens with zero attached hydrogens (tertiary/aromatic N) is 1. The summed E-state index contributed by atoms with van der Waals surface area (Å²) in [6.07, 6.45) is 4.08. The molecule has 0 aliphatic carbocycles. The van der Waals surface area contributed by atoms with Gasteiger partial charge < -0.3 is 14.5 Å². The van der Waals surface area contributed by atoms with Crippen molar-refractivity contribution in [1.82, 2.24) is 9.62 Å². The Morgan fingerprint density at radius 3 is 2.73 bits per heavy atom. The van der Waals surface area contributed by atoms with Gasteiger partial charge in [0.15, 0.2) is 0 Å². The summed E-state index contributed by atoms with van der Waals surface area (Å²) in [6, 6.07) is 3.43. The lowest BCUT2D eigenvalue weighted by atomic mass is 9.99. The van der Waals surface area contributed by atoms with Crippen LogP contribution in [0.15, 0.2) is 22.8 Å². The van der Waals surface area contributed by atoms with Crippen molar-refractivity contribution in [3.63, 3.8) is 0 Å². The quantitative estimate of drug-likeness (QED) is 0.790. The average Bonchev–Trinajstić information content (AvgIpc) is 2.99. The lowest BCUT2D eigenvalue weighted by Crippen LogP contribution is -2.40. The van der Waals surface area contributed by atoms with Crippen LogP contribution >= 0.6 is 0 Å². The minimum atomic E-state index is -3.36. The van der Waals surface area contributed by atoms with E-state index in [-0.39, 0.29) is 31.5 Å². The average molecular weight is 330 g/mol. The molecule has 0 bridgehead atoms. The number of furan rings is 1. The lowest BCUT2D eigenvalue weighted by molar-refractivity contribution is -0.127. The molecule has 0 aromatic carbocycles. The molecule has 22 heavy (non-hydrogen) atoms. The van der Waals surface area contributed by atoms with E-state index in [9.17, 15) is 13.2 Å². The summed E-state index contributed by atoms with van der Waals surface area (Å²) >= 11 is 0. The van der Waals surface area contributed by atoms with Crippen LogP contribution in [0.25, 0.3) is 0 Å². The third-order valence-corrected chi connectivity index (χ3v) is 4.88. The van der Waals surface area contributed by atoms with E-state index in [1.165, 1.54) is 10.6 Å². The van der Waals surface area contributed by atoms with Crippen molar-refractivity contribution in [2.45, 2.75) is 19.4 Å². The van der Waals surface area contributed by atoms with Crippen molar-refractivity contribution in [1.29, 1.82) is 0 Å². The van der Waals surface area contributed by atoms with Crippen molar-refractivity contribution in [2.24, 2.45) is 5.92 Å². The highest BCUT2D eigenvalue weighted by Crippen LogP contribution is 2.14. The molecule has 7 nitrogen and oxygen atoms in total. The molecule has 1 saturated heterocycles. The fourth-order valence-electron chi connectivity index (χ4n) is 2.35. The molecular weight excluding hydrogens is 308 g/mol. The Morgan fingerprint density at radius 1 is 1.41 bits per heavy atom. The first kappa shape index (κ1) is 17.0. The number of amides is 1. The van der Waals surface area contributed by atoms with E-state index < -0.39 is 10.0 Å². The van der Waals surface area contributed by atoms with Gasteiger partial charge in [-0.15, -0.1) is 0 Å². The molecule has 1 aromatic heterocycles. The van der Waals surface area contributed by atoms with Gasteiger partial charge in [0.25, 0.3) is 0 Å². The van der Waals surface area contributed by atoms with E-state index in [1.807, 2.05) is 0 Å². The van der Waals surface area contributed by atoms with E-state index in [0.717, 1.165) is 6.26 Å². The van der Waals surface area contributed by atoms with E-state index in [1.54, 1.807) is 12.1 Å². The molecule has 2 heterocycles. The van der Waals surface area contributed by atoms with Crippen molar-refractivity contribution >= 4 is 15.9 Å². The lowest BCUT2D eigenvalue weighted by Gasteiger charge is -2.23. The summed E-state index contributed by atoms with van der Waals surface area (Å²) < 4.78 is 35.3. The minimum Gasteiger partial charge on any atom is -0.468 e. The second-order valence-electron chi connectivity index (χ2n) is 5.35.